The van der Waals surface area contributed by atoms with Crippen LogP contribution in [0.3, 0.4) is 0 Å². The first kappa shape index (κ1) is 18.1. The molecule has 0 fully saturated rings. The minimum absolute atomic E-state index is 0.0174. The molecule has 0 aliphatic carbocycles. The highest BCUT2D eigenvalue weighted by atomic mass is 32.2. The van der Waals surface area contributed by atoms with Gasteiger partial charge in [-0.25, -0.2) is 8.42 Å². The number of hydrogen-bond acceptors (Lipinski definition) is 5. The third-order valence-electron chi connectivity index (χ3n) is 3.02. The van der Waals surface area contributed by atoms with Gasteiger partial charge in [-0.15, -0.1) is 0 Å². The summed E-state index contributed by atoms with van der Waals surface area (Å²) in [5, 5.41) is 11.4. The number of amides is 1. The van der Waals surface area contributed by atoms with Gasteiger partial charge in [0.05, 0.1) is 12.0 Å². The number of rotatable bonds is 7. The number of nitrogens with zero attached hydrogens (tertiary/aromatic N) is 2. The van der Waals surface area contributed by atoms with Crippen molar-refractivity contribution in [2.75, 3.05) is 20.1 Å². The van der Waals surface area contributed by atoms with E-state index in [0.29, 0.717) is 0 Å². The molecular formula is C13H19N3O5S. The molecule has 9 heteroatoms. The van der Waals surface area contributed by atoms with Crippen LogP contribution in [0.25, 0.3) is 0 Å². The Labute approximate surface area is 129 Å². The first-order chi connectivity index (χ1) is 10.1. The summed E-state index contributed by atoms with van der Waals surface area (Å²) in [6.45, 7) is 2.42. The number of carbonyl (C=O) groups is 2. The van der Waals surface area contributed by atoms with Gasteiger partial charge in [-0.05, 0) is 26.0 Å². The van der Waals surface area contributed by atoms with Crippen molar-refractivity contribution in [3.63, 3.8) is 0 Å². The molecule has 1 amide bonds. The molecule has 0 radical (unpaired) electrons. The number of sulfonamides is 1. The first-order valence-corrected chi connectivity index (χ1v) is 7.88. The largest absolute Gasteiger partial charge is 0.481 e. The predicted octanol–water partition coefficient (Wildman–Crippen LogP) is -0.0709. The van der Waals surface area contributed by atoms with Gasteiger partial charge < -0.3 is 10.4 Å². The maximum Gasteiger partial charge on any atom is 0.310 e. The zero-order chi connectivity index (χ0) is 17.0. The van der Waals surface area contributed by atoms with Gasteiger partial charge >= 0.3 is 5.97 Å². The molecule has 1 aromatic heterocycles. The summed E-state index contributed by atoms with van der Waals surface area (Å²) >= 11 is 0. The fourth-order valence-corrected chi connectivity index (χ4v) is 2.51. The molecule has 1 rings (SSSR count). The number of hydrogen-bond donors (Lipinski definition) is 2. The molecule has 8 nitrogen and oxygen atoms in total. The van der Waals surface area contributed by atoms with E-state index in [1.54, 1.807) is 0 Å². The third-order valence-corrected chi connectivity index (χ3v) is 4.80. The van der Waals surface area contributed by atoms with Gasteiger partial charge in [0, 0.05) is 26.0 Å². The number of aromatic nitrogens is 1. The summed E-state index contributed by atoms with van der Waals surface area (Å²) in [6, 6.07) is 2.86. The second kappa shape index (κ2) is 6.84. The molecule has 0 bridgehead atoms. The highest BCUT2D eigenvalue weighted by molar-refractivity contribution is 7.89. The maximum absolute atomic E-state index is 12.2. The third kappa shape index (κ3) is 4.50. The van der Waals surface area contributed by atoms with Gasteiger partial charge in [-0.3, -0.25) is 14.6 Å². The average Bonchev–Trinajstić information content (AvgIpc) is 2.46. The van der Waals surface area contributed by atoms with Crippen LogP contribution in [0.15, 0.2) is 29.4 Å². The molecule has 1 heterocycles. The molecule has 0 aliphatic heterocycles. The number of aliphatic carboxylic acids is 1. The molecular weight excluding hydrogens is 310 g/mol. The Bertz CT molecular complexity index is 643. The molecule has 0 aliphatic rings. The van der Waals surface area contributed by atoms with E-state index in [-0.39, 0.29) is 11.4 Å². The van der Waals surface area contributed by atoms with Crippen LogP contribution in [0.1, 0.15) is 13.8 Å². The van der Waals surface area contributed by atoms with Crippen LogP contribution in [0, 0.1) is 5.41 Å². The quantitative estimate of drug-likeness (QED) is 0.723. The second-order valence-corrected chi connectivity index (χ2v) is 7.46. The summed E-state index contributed by atoms with van der Waals surface area (Å²) in [7, 11) is -2.54. The highest BCUT2D eigenvalue weighted by Gasteiger charge is 2.28. The summed E-state index contributed by atoms with van der Waals surface area (Å²) in [5.41, 5.74) is -1.13. The smallest absolute Gasteiger partial charge is 0.310 e. The summed E-state index contributed by atoms with van der Waals surface area (Å²) in [6.07, 6.45) is 2.64. The average molecular weight is 329 g/mol. The number of likely N-dealkylation sites (N-methyl/N-ethyl adjacent to an activating group) is 1. The number of carboxylic acid groups (broad SMARTS) is 1. The number of carboxylic acids is 1. The van der Waals surface area contributed by atoms with Gasteiger partial charge in [0.2, 0.25) is 15.9 Å². The van der Waals surface area contributed by atoms with E-state index >= 15 is 0 Å². The number of carbonyl (C=O) groups excluding carboxylic acids is 1. The van der Waals surface area contributed by atoms with Crippen LogP contribution < -0.4 is 5.32 Å². The van der Waals surface area contributed by atoms with Gasteiger partial charge in [-0.1, -0.05) is 0 Å². The van der Waals surface area contributed by atoms with Crippen LogP contribution in [-0.4, -0.2) is 54.8 Å². The Morgan fingerprint density at radius 3 is 2.55 bits per heavy atom. The van der Waals surface area contributed by atoms with Gasteiger partial charge in [-0.2, -0.15) is 4.31 Å². The van der Waals surface area contributed by atoms with Crippen LogP contribution in [0.4, 0.5) is 0 Å². The lowest BCUT2D eigenvalue weighted by molar-refractivity contribution is -0.146. The van der Waals surface area contributed by atoms with Crippen molar-refractivity contribution in [2.45, 2.75) is 18.7 Å². The van der Waals surface area contributed by atoms with Gasteiger partial charge in [0.25, 0.3) is 0 Å². The second-order valence-electron chi connectivity index (χ2n) is 5.42. The van der Waals surface area contributed by atoms with E-state index in [0.717, 1.165) is 4.31 Å². The molecule has 0 spiro atoms. The Kier molecular flexibility index (Phi) is 5.61. The van der Waals surface area contributed by atoms with Crippen molar-refractivity contribution in [3.05, 3.63) is 24.5 Å². The van der Waals surface area contributed by atoms with Crippen LogP contribution in [-0.2, 0) is 19.6 Å². The Balaban J connectivity index is 2.67. The van der Waals surface area contributed by atoms with Crippen molar-refractivity contribution in [3.8, 4) is 0 Å². The lowest BCUT2D eigenvalue weighted by atomic mass is 9.94. The first-order valence-electron chi connectivity index (χ1n) is 6.44. The molecule has 0 unspecified atom stereocenters. The highest BCUT2D eigenvalue weighted by Crippen LogP contribution is 2.14. The summed E-state index contributed by atoms with van der Waals surface area (Å²) in [5.74, 6) is -1.63. The molecule has 22 heavy (non-hydrogen) atoms. The zero-order valence-electron chi connectivity index (χ0n) is 12.6. The molecule has 0 saturated heterocycles. The monoisotopic (exact) mass is 329 g/mol. The lowest BCUT2D eigenvalue weighted by Crippen LogP contribution is -2.43. The van der Waals surface area contributed by atoms with Crippen molar-refractivity contribution in [2.24, 2.45) is 5.41 Å². The standard InChI is InChI=1S/C13H19N3O5S/c1-13(2,12(18)19)9-15-11(17)8-16(3)22(20,21)10-5-4-6-14-7-10/h4-7H,8-9H2,1-3H3,(H,15,17)(H,18,19). The number of nitrogens with one attached hydrogen (secondary N) is 1. The molecule has 1 aromatic rings. The number of pyridine rings is 1. The van der Waals surface area contributed by atoms with Crippen LogP contribution in [0.2, 0.25) is 0 Å². The summed E-state index contributed by atoms with van der Waals surface area (Å²) < 4.78 is 25.3. The Hall–Kier alpha value is -2.00. The predicted molar refractivity (Wildman–Crippen MR) is 78.5 cm³/mol. The van der Waals surface area contributed by atoms with Crippen molar-refractivity contribution < 1.29 is 23.1 Å². The molecule has 0 saturated carbocycles. The fraction of sp³-hybridized carbons (Fsp3) is 0.462. The van der Waals surface area contributed by atoms with Gasteiger partial charge in [0.1, 0.15) is 4.90 Å². The van der Waals surface area contributed by atoms with E-state index in [1.807, 2.05) is 0 Å². The zero-order valence-corrected chi connectivity index (χ0v) is 13.4. The Morgan fingerprint density at radius 2 is 2.05 bits per heavy atom. The van der Waals surface area contributed by atoms with E-state index in [4.69, 9.17) is 5.11 Å². The molecule has 0 aromatic carbocycles. The lowest BCUT2D eigenvalue weighted by Gasteiger charge is -2.21. The van der Waals surface area contributed by atoms with E-state index < -0.39 is 33.9 Å². The van der Waals surface area contributed by atoms with Crippen molar-refractivity contribution >= 4 is 21.9 Å². The minimum Gasteiger partial charge on any atom is -0.481 e. The van der Waals surface area contributed by atoms with Crippen molar-refractivity contribution in [1.82, 2.24) is 14.6 Å². The summed E-state index contributed by atoms with van der Waals surface area (Å²) in [4.78, 5) is 26.4. The van der Waals surface area contributed by atoms with Crippen molar-refractivity contribution in [1.29, 1.82) is 0 Å². The van der Waals surface area contributed by atoms with E-state index in [9.17, 15) is 18.0 Å². The molecule has 2 N–H and O–H groups in total. The molecule has 0 atom stereocenters. The molecule has 122 valence electrons. The maximum atomic E-state index is 12.2. The van der Waals surface area contributed by atoms with Crippen LogP contribution in [0.5, 0.6) is 0 Å². The normalized spacial score (nSPS) is 12.2. The SMILES string of the molecule is CN(CC(=O)NCC(C)(C)C(=O)O)S(=O)(=O)c1cccnc1. The topological polar surface area (TPSA) is 117 Å². The van der Waals surface area contributed by atoms with E-state index in [2.05, 4.69) is 10.3 Å². The minimum atomic E-state index is -3.81. The van der Waals surface area contributed by atoms with Crippen LogP contribution >= 0.6 is 0 Å². The Morgan fingerprint density at radius 1 is 1.41 bits per heavy atom. The fourth-order valence-electron chi connectivity index (χ4n) is 1.42. The van der Waals surface area contributed by atoms with Gasteiger partial charge in [0.15, 0.2) is 0 Å². The van der Waals surface area contributed by atoms with E-state index in [1.165, 1.54) is 45.4 Å².